The Morgan fingerprint density at radius 3 is 2.92 bits per heavy atom. The van der Waals surface area contributed by atoms with E-state index in [2.05, 4.69) is 5.32 Å². The highest BCUT2D eigenvalue weighted by Gasteiger charge is 2.33. The van der Waals surface area contributed by atoms with Crippen LogP contribution in [-0.4, -0.2) is 49.4 Å². The quantitative estimate of drug-likeness (QED) is 0.725. The minimum Gasteiger partial charge on any atom is -0.408 e. The van der Waals surface area contributed by atoms with Gasteiger partial charge in [-0.2, -0.15) is 4.31 Å². The number of nitrogens with one attached hydrogen (secondary N) is 1. The molecule has 1 unspecified atom stereocenters. The van der Waals surface area contributed by atoms with Crippen molar-refractivity contribution in [3.05, 3.63) is 28.7 Å². The van der Waals surface area contributed by atoms with E-state index in [4.69, 9.17) is 10.2 Å². The van der Waals surface area contributed by atoms with Crippen molar-refractivity contribution in [1.82, 2.24) is 14.2 Å². The van der Waals surface area contributed by atoms with Crippen LogP contribution in [-0.2, 0) is 21.9 Å². The molecule has 1 amide bonds. The number of nitrogens with zero attached hydrogens (tertiary/aromatic N) is 2. The first kappa shape index (κ1) is 18.6. The van der Waals surface area contributed by atoms with E-state index in [1.54, 1.807) is 13.1 Å². The van der Waals surface area contributed by atoms with Gasteiger partial charge >= 0.3 is 5.76 Å². The molecule has 1 aromatic heterocycles. The number of piperidine rings is 1. The summed E-state index contributed by atoms with van der Waals surface area (Å²) in [6.45, 7) is 1.17. The van der Waals surface area contributed by atoms with Crippen LogP contribution in [0.2, 0.25) is 0 Å². The Labute approximate surface area is 150 Å². The van der Waals surface area contributed by atoms with E-state index in [0.29, 0.717) is 38.0 Å². The maximum atomic E-state index is 13.0. The number of carbonyl (C=O) groups excluding carboxylic acids is 1. The number of oxazole rings is 1. The van der Waals surface area contributed by atoms with Crippen LogP contribution in [0.15, 0.2) is 32.3 Å². The summed E-state index contributed by atoms with van der Waals surface area (Å²) in [6.07, 6.45) is 1.23. The summed E-state index contributed by atoms with van der Waals surface area (Å²) < 4.78 is 33.6. The van der Waals surface area contributed by atoms with E-state index in [9.17, 15) is 18.0 Å². The molecule has 0 bridgehead atoms. The summed E-state index contributed by atoms with van der Waals surface area (Å²) in [5.74, 6) is -1.13. The summed E-state index contributed by atoms with van der Waals surface area (Å²) in [5, 5.41) is 2.71. The van der Waals surface area contributed by atoms with Crippen LogP contribution in [0.5, 0.6) is 0 Å². The lowest BCUT2D eigenvalue weighted by Crippen LogP contribution is -2.46. The summed E-state index contributed by atoms with van der Waals surface area (Å²) >= 11 is 0. The van der Waals surface area contributed by atoms with Crippen LogP contribution in [0.25, 0.3) is 11.1 Å². The monoisotopic (exact) mass is 382 g/mol. The Hall–Kier alpha value is -2.17. The van der Waals surface area contributed by atoms with Crippen molar-refractivity contribution in [2.24, 2.45) is 18.7 Å². The molecule has 9 nitrogen and oxygen atoms in total. The fraction of sp³-hybridized carbons (Fsp3) is 0.500. The molecule has 0 spiro atoms. The van der Waals surface area contributed by atoms with Gasteiger partial charge in [-0.25, -0.2) is 13.2 Å². The third-order valence-corrected chi connectivity index (χ3v) is 6.46. The molecule has 142 valence electrons. The van der Waals surface area contributed by atoms with Crippen molar-refractivity contribution in [2.45, 2.75) is 17.7 Å². The first-order valence-corrected chi connectivity index (χ1v) is 9.86. The minimum atomic E-state index is -3.79. The van der Waals surface area contributed by atoms with Crippen LogP contribution in [0, 0.1) is 5.92 Å². The Morgan fingerprint density at radius 1 is 1.42 bits per heavy atom. The predicted octanol–water partition coefficient (Wildman–Crippen LogP) is -0.393. The second-order valence-electron chi connectivity index (χ2n) is 6.34. The largest absolute Gasteiger partial charge is 0.419 e. The second-order valence-corrected chi connectivity index (χ2v) is 8.28. The van der Waals surface area contributed by atoms with Gasteiger partial charge in [-0.3, -0.25) is 9.36 Å². The molecule has 0 aliphatic carbocycles. The highest BCUT2D eigenvalue weighted by molar-refractivity contribution is 7.89. The van der Waals surface area contributed by atoms with Gasteiger partial charge in [0.25, 0.3) is 0 Å². The van der Waals surface area contributed by atoms with Crippen LogP contribution in [0.3, 0.4) is 0 Å². The standard InChI is InChI=1S/C16H22N4O5S/c1-19-13-5-4-12(9-14(13)25-16(19)22)26(23,24)20-8-2-3-11(10-20)15(21)18-7-6-17/h4-5,9,11H,2-3,6-8,10,17H2,1H3,(H,18,21). The lowest BCUT2D eigenvalue weighted by atomic mass is 9.99. The van der Waals surface area contributed by atoms with Gasteiger partial charge < -0.3 is 15.5 Å². The fourth-order valence-electron chi connectivity index (χ4n) is 3.14. The highest BCUT2D eigenvalue weighted by Crippen LogP contribution is 2.26. The van der Waals surface area contributed by atoms with Gasteiger partial charge in [0.05, 0.1) is 16.3 Å². The van der Waals surface area contributed by atoms with Crippen molar-refractivity contribution in [3.8, 4) is 0 Å². The van der Waals surface area contributed by atoms with Gasteiger partial charge in [0.2, 0.25) is 15.9 Å². The van der Waals surface area contributed by atoms with Gasteiger partial charge in [0.1, 0.15) is 0 Å². The summed E-state index contributed by atoms with van der Waals surface area (Å²) in [6, 6.07) is 4.34. The van der Waals surface area contributed by atoms with E-state index in [0.717, 1.165) is 0 Å². The van der Waals surface area contributed by atoms with E-state index in [1.807, 2.05) is 0 Å². The Kier molecular flexibility index (Phi) is 5.17. The molecule has 1 aliphatic rings. The molecular weight excluding hydrogens is 360 g/mol. The Morgan fingerprint density at radius 2 is 2.19 bits per heavy atom. The van der Waals surface area contributed by atoms with Crippen LogP contribution in [0.4, 0.5) is 0 Å². The van der Waals surface area contributed by atoms with Crippen LogP contribution >= 0.6 is 0 Å². The van der Waals surface area contributed by atoms with Crippen LogP contribution < -0.4 is 16.8 Å². The fourth-order valence-corrected chi connectivity index (χ4v) is 4.68. The van der Waals surface area contributed by atoms with Crippen molar-refractivity contribution in [1.29, 1.82) is 0 Å². The third kappa shape index (κ3) is 3.39. The number of carbonyl (C=O) groups is 1. The van der Waals surface area contributed by atoms with E-state index in [1.165, 1.54) is 21.0 Å². The average Bonchev–Trinajstić information content (AvgIpc) is 2.93. The first-order valence-electron chi connectivity index (χ1n) is 8.42. The number of fused-ring (bicyclic) bond motifs is 1. The average molecular weight is 382 g/mol. The van der Waals surface area contributed by atoms with E-state index in [-0.39, 0.29) is 22.9 Å². The molecule has 1 atom stereocenters. The molecule has 26 heavy (non-hydrogen) atoms. The van der Waals surface area contributed by atoms with Crippen molar-refractivity contribution in [2.75, 3.05) is 26.2 Å². The van der Waals surface area contributed by atoms with Gasteiger partial charge in [-0.1, -0.05) is 0 Å². The zero-order chi connectivity index (χ0) is 18.9. The number of aromatic nitrogens is 1. The SMILES string of the molecule is Cn1c(=O)oc2cc(S(=O)(=O)N3CCCC(C(=O)NCCN)C3)ccc21. The molecule has 1 saturated heterocycles. The van der Waals surface area contributed by atoms with E-state index >= 15 is 0 Å². The number of nitrogens with two attached hydrogens (primary N) is 1. The number of hydrogen-bond donors (Lipinski definition) is 2. The zero-order valence-electron chi connectivity index (χ0n) is 14.5. The molecule has 2 aromatic rings. The molecule has 1 aliphatic heterocycles. The zero-order valence-corrected chi connectivity index (χ0v) is 15.3. The topological polar surface area (TPSA) is 128 Å². The van der Waals surface area contributed by atoms with Gasteiger partial charge in [0.15, 0.2) is 5.58 Å². The summed E-state index contributed by atoms with van der Waals surface area (Å²) in [5.41, 5.74) is 6.12. The number of hydrogen-bond acceptors (Lipinski definition) is 6. The van der Waals surface area contributed by atoms with Crippen molar-refractivity contribution >= 4 is 27.0 Å². The molecule has 2 heterocycles. The van der Waals surface area contributed by atoms with Crippen molar-refractivity contribution in [3.63, 3.8) is 0 Å². The predicted molar refractivity (Wildman–Crippen MR) is 95.0 cm³/mol. The summed E-state index contributed by atoms with van der Waals surface area (Å²) in [7, 11) is -2.23. The highest BCUT2D eigenvalue weighted by atomic mass is 32.2. The minimum absolute atomic E-state index is 0.0439. The Balaban J connectivity index is 1.85. The number of sulfonamides is 1. The number of aryl methyl sites for hydroxylation is 1. The smallest absolute Gasteiger partial charge is 0.408 e. The molecule has 1 fully saturated rings. The van der Waals surface area contributed by atoms with Gasteiger partial charge in [0, 0.05) is 39.3 Å². The second kappa shape index (κ2) is 7.22. The number of benzene rings is 1. The maximum absolute atomic E-state index is 13.0. The molecule has 3 N–H and O–H groups in total. The number of amides is 1. The van der Waals surface area contributed by atoms with Gasteiger partial charge in [-0.15, -0.1) is 0 Å². The number of rotatable bonds is 5. The molecular formula is C16H22N4O5S. The van der Waals surface area contributed by atoms with E-state index < -0.39 is 21.7 Å². The van der Waals surface area contributed by atoms with Crippen LogP contribution in [0.1, 0.15) is 12.8 Å². The molecule has 0 radical (unpaired) electrons. The first-order chi connectivity index (χ1) is 12.3. The third-order valence-electron chi connectivity index (χ3n) is 4.60. The summed E-state index contributed by atoms with van der Waals surface area (Å²) in [4.78, 5) is 23.8. The van der Waals surface area contributed by atoms with Gasteiger partial charge in [-0.05, 0) is 25.0 Å². The molecule has 1 aromatic carbocycles. The Bertz CT molecular complexity index is 978. The lowest BCUT2D eigenvalue weighted by molar-refractivity contribution is -0.126. The van der Waals surface area contributed by atoms with Crippen molar-refractivity contribution < 1.29 is 17.6 Å². The lowest BCUT2D eigenvalue weighted by Gasteiger charge is -2.31. The molecule has 10 heteroatoms. The normalized spacial score (nSPS) is 18.9. The molecule has 0 saturated carbocycles. The molecule has 3 rings (SSSR count). The maximum Gasteiger partial charge on any atom is 0.419 e.